The molecule has 7 heteroatoms. The van der Waals surface area contributed by atoms with Gasteiger partial charge in [-0.25, -0.2) is 0 Å². The molecule has 0 radical (unpaired) electrons. The largest absolute Gasteiger partial charge is 0.462 e. The van der Waals surface area contributed by atoms with Crippen molar-refractivity contribution in [1.82, 2.24) is 10.2 Å². The van der Waals surface area contributed by atoms with Crippen LogP contribution in [0.25, 0.3) is 0 Å². The van der Waals surface area contributed by atoms with Gasteiger partial charge in [0.15, 0.2) is 0 Å². The van der Waals surface area contributed by atoms with E-state index in [1.807, 2.05) is 18.7 Å². The number of carbonyl (C=O) groups is 2. The number of rotatable bonds is 20. The normalized spacial score (nSPS) is 32.4. The summed E-state index contributed by atoms with van der Waals surface area (Å²) >= 11 is 0. The smallest absolute Gasteiger partial charge is 0.306 e. The van der Waals surface area contributed by atoms with E-state index in [4.69, 9.17) is 16.2 Å². The lowest BCUT2D eigenvalue weighted by Gasteiger charge is -2.58. The zero-order valence-electron chi connectivity index (χ0n) is 33.4. The Morgan fingerprint density at radius 1 is 0.860 bits per heavy atom. The van der Waals surface area contributed by atoms with Gasteiger partial charge in [-0.05, 0) is 144 Å². The van der Waals surface area contributed by atoms with Crippen LogP contribution in [0, 0.1) is 46.3 Å². The maximum Gasteiger partial charge on any atom is 0.306 e. The molecule has 4 rings (SSSR count). The molecule has 0 heterocycles. The van der Waals surface area contributed by atoms with Crippen molar-refractivity contribution in [3.8, 4) is 0 Å². The molecule has 4 aliphatic rings. The van der Waals surface area contributed by atoms with Crippen molar-refractivity contribution < 1.29 is 14.3 Å². The molecule has 0 spiro atoms. The molecule has 10 unspecified atom stereocenters. The van der Waals surface area contributed by atoms with Gasteiger partial charge in [0.2, 0.25) is 5.91 Å². The lowest BCUT2D eigenvalue weighted by molar-refractivity contribution is -0.153. The van der Waals surface area contributed by atoms with Gasteiger partial charge >= 0.3 is 5.97 Å². The monoisotopic (exact) mass is 699 g/mol. The van der Waals surface area contributed by atoms with Gasteiger partial charge < -0.3 is 26.4 Å². The summed E-state index contributed by atoms with van der Waals surface area (Å²) in [5.41, 5.74) is 14.1. The number of allylic oxidation sites excluding steroid dienone is 1. The van der Waals surface area contributed by atoms with E-state index in [0.29, 0.717) is 18.5 Å². The average molecular weight is 699 g/mol. The Labute approximate surface area is 307 Å². The summed E-state index contributed by atoms with van der Waals surface area (Å²) in [6.45, 7) is 19.7. The van der Waals surface area contributed by atoms with Gasteiger partial charge in [-0.15, -0.1) is 0 Å². The number of esters is 1. The highest BCUT2D eigenvalue weighted by Crippen LogP contribution is 2.67. The van der Waals surface area contributed by atoms with Gasteiger partial charge in [0.1, 0.15) is 6.10 Å². The van der Waals surface area contributed by atoms with Crippen LogP contribution in [0.15, 0.2) is 11.6 Å². The topological polar surface area (TPSA) is 111 Å². The Morgan fingerprint density at radius 2 is 1.62 bits per heavy atom. The van der Waals surface area contributed by atoms with Crippen LogP contribution in [0.5, 0.6) is 0 Å². The fourth-order valence-electron chi connectivity index (χ4n) is 11.1. The minimum atomic E-state index is -0.223. The molecule has 3 fully saturated rings. The van der Waals surface area contributed by atoms with Gasteiger partial charge in [-0.1, -0.05) is 65.5 Å². The Morgan fingerprint density at radius 3 is 2.34 bits per heavy atom. The first-order valence-corrected chi connectivity index (χ1v) is 21.1. The second-order valence-corrected chi connectivity index (χ2v) is 18.5. The molecule has 0 bridgehead atoms. The predicted molar refractivity (Wildman–Crippen MR) is 207 cm³/mol. The molecule has 0 aliphatic heterocycles. The fourth-order valence-corrected chi connectivity index (χ4v) is 11.1. The highest BCUT2D eigenvalue weighted by atomic mass is 16.5. The van der Waals surface area contributed by atoms with E-state index in [1.54, 1.807) is 5.57 Å². The standard InChI is InChI=1S/C43H78N4O3/c1-30(2)11-10-12-31(3)37-15-16-38-36-14-13-34-29-35(19-23-42(34,6)39(36)20-24-43(37,38)7)50-41(49)18-17-40(48)47(28-22-33(5)45)27-9-8-25-46-26-21-32(4)44/h13,30-33,35-39,46H,8-12,14-29,44-45H2,1-7H3. The molecule has 1 amide bonds. The molecule has 5 N–H and O–H groups in total. The van der Waals surface area contributed by atoms with Crippen LogP contribution < -0.4 is 16.8 Å². The summed E-state index contributed by atoms with van der Waals surface area (Å²) in [4.78, 5) is 28.2. The number of nitrogens with zero attached hydrogens (tertiary/aromatic N) is 1. The number of carbonyl (C=O) groups excluding carboxylic acids is 2. The van der Waals surface area contributed by atoms with E-state index >= 15 is 0 Å². The first kappa shape index (κ1) is 41.3. The van der Waals surface area contributed by atoms with Crippen molar-refractivity contribution in [2.75, 3.05) is 26.2 Å². The summed E-state index contributed by atoms with van der Waals surface area (Å²) in [7, 11) is 0. The number of unbranched alkanes of at least 4 members (excludes halogenated alkanes) is 1. The number of nitrogens with one attached hydrogen (secondary N) is 1. The third kappa shape index (κ3) is 10.8. The van der Waals surface area contributed by atoms with Crippen molar-refractivity contribution in [2.24, 2.45) is 57.8 Å². The lowest BCUT2D eigenvalue weighted by Crippen LogP contribution is -2.51. The molecule has 0 aromatic rings. The van der Waals surface area contributed by atoms with Crippen LogP contribution in [0.4, 0.5) is 0 Å². The summed E-state index contributed by atoms with van der Waals surface area (Å²) in [6, 6.07) is 0.251. The predicted octanol–water partition coefficient (Wildman–Crippen LogP) is 8.39. The third-order valence-electron chi connectivity index (χ3n) is 14.1. The van der Waals surface area contributed by atoms with Gasteiger partial charge in [-0.2, -0.15) is 0 Å². The number of hydrogen-bond acceptors (Lipinski definition) is 6. The van der Waals surface area contributed by atoms with E-state index in [1.165, 1.54) is 51.4 Å². The first-order chi connectivity index (χ1) is 23.7. The van der Waals surface area contributed by atoms with E-state index in [-0.39, 0.29) is 48.3 Å². The van der Waals surface area contributed by atoms with Crippen molar-refractivity contribution in [1.29, 1.82) is 0 Å². The van der Waals surface area contributed by atoms with Crippen molar-refractivity contribution in [2.45, 2.75) is 176 Å². The Hall–Kier alpha value is -1.44. The molecule has 50 heavy (non-hydrogen) atoms. The highest BCUT2D eigenvalue weighted by Gasteiger charge is 2.59. The zero-order valence-corrected chi connectivity index (χ0v) is 33.4. The van der Waals surface area contributed by atoms with Crippen LogP contribution >= 0.6 is 0 Å². The number of nitrogens with two attached hydrogens (primary N) is 2. The lowest BCUT2D eigenvalue weighted by atomic mass is 9.47. The average Bonchev–Trinajstić information content (AvgIpc) is 3.41. The van der Waals surface area contributed by atoms with Crippen LogP contribution in [0.2, 0.25) is 0 Å². The van der Waals surface area contributed by atoms with Crippen molar-refractivity contribution in [3.63, 3.8) is 0 Å². The maximum absolute atomic E-state index is 13.2. The molecule has 0 aromatic heterocycles. The molecular formula is C43H78N4O3. The third-order valence-corrected chi connectivity index (χ3v) is 14.1. The molecular weight excluding hydrogens is 620 g/mol. The minimum absolute atomic E-state index is 0.0353. The van der Waals surface area contributed by atoms with Crippen molar-refractivity contribution in [3.05, 3.63) is 11.6 Å². The van der Waals surface area contributed by atoms with Gasteiger partial charge in [0.25, 0.3) is 0 Å². The highest BCUT2D eigenvalue weighted by molar-refractivity contribution is 5.81. The molecule has 0 saturated heterocycles. The second kappa shape index (κ2) is 19.1. The summed E-state index contributed by atoms with van der Waals surface area (Å²) < 4.78 is 6.09. The maximum atomic E-state index is 13.2. The number of amides is 1. The van der Waals surface area contributed by atoms with E-state index in [9.17, 15) is 9.59 Å². The SMILES string of the molecule is CC(C)CCCC(C)C1CCC2C3CC=C4CC(OC(=O)CCC(=O)N(CCCCNCCC(C)N)CCC(C)N)CCC4(C)C3CCC12C. The number of hydrogen-bond donors (Lipinski definition) is 3. The quantitative estimate of drug-likeness (QED) is 0.0669. The summed E-state index contributed by atoms with van der Waals surface area (Å²) in [5.74, 6) is 4.78. The van der Waals surface area contributed by atoms with Crippen LogP contribution in [-0.4, -0.2) is 61.1 Å². The molecule has 4 aliphatic carbocycles. The first-order valence-electron chi connectivity index (χ1n) is 21.1. The molecule has 0 aromatic carbocycles. The fraction of sp³-hybridized carbons (Fsp3) is 0.907. The van der Waals surface area contributed by atoms with E-state index in [0.717, 1.165) is 93.5 Å². The number of ether oxygens (including phenoxy) is 1. The van der Waals surface area contributed by atoms with Crippen LogP contribution in [-0.2, 0) is 14.3 Å². The summed E-state index contributed by atoms with van der Waals surface area (Å²) in [6.07, 6.45) is 20.4. The van der Waals surface area contributed by atoms with Gasteiger partial charge in [-0.3, -0.25) is 9.59 Å². The van der Waals surface area contributed by atoms with Gasteiger partial charge in [0, 0.05) is 38.0 Å². The second-order valence-electron chi connectivity index (χ2n) is 18.5. The zero-order chi connectivity index (χ0) is 36.5. The van der Waals surface area contributed by atoms with Gasteiger partial charge in [0.05, 0.1) is 6.42 Å². The van der Waals surface area contributed by atoms with Crippen molar-refractivity contribution >= 4 is 11.9 Å². The Balaban J connectivity index is 1.25. The van der Waals surface area contributed by atoms with E-state index < -0.39 is 0 Å². The minimum Gasteiger partial charge on any atom is -0.462 e. The molecule has 288 valence electrons. The molecule has 7 nitrogen and oxygen atoms in total. The van der Waals surface area contributed by atoms with Crippen LogP contribution in [0.3, 0.4) is 0 Å². The summed E-state index contributed by atoms with van der Waals surface area (Å²) in [5, 5.41) is 3.44. The van der Waals surface area contributed by atoms with E-state index in [2.05, 4.69) is 46.0 Å². The Kier molecular flexibility index (Phi) is 15.7. The van der Waals surface area contributed by atoms with Crippen LogP contribution in [0.1, 0.15) is 158 Å². The molecule has 10 atom stereocenters. The Bertz CT molecular complexity index is 1110. The molecule has 3 saturated carbocycles. The number of fused-ring (bicyclic) bond motifs is 5.